The van der Waals surface area contributed by atoms with Crippen molar-refractivity contribution in [2.75, 3.05) is 19.6 Å². The highest BCUT2D eigenvalue weighted by Gasteiger charge is 2.25. The van der Waals surface area contributed by atoms with Crippen molar-refractivity contribution in [3.8, 4) is 0 Å². The fourth-order valence-electron chi connectivity index (χ4n) is 2.40. The number of carbonyl (C=O) groups excluding carboxylic acids is 1. The standard InChI is InChI=1S/C14H26N2O4/c1-10(4-5-13(17)18)6-7-15-14(19)16-8-11(2)20-12(3)9-16/h10-12H,4-9H2,1-3H3,(H,15,19)(H,17,18). The van der Waals surface area contributed by atoms with E-state index in [9.17, 15) is 9.59 Å². The fourth-order valence-corrected chi connectivity index (χ4v) is 2.40. The van der Waals surface area contributed by atoms with Crippen LogP contribution in [-0.4, -0.2) is 53.8 Å². The molecule has 0 aromatic heterocycles. The molecular weight excluding hydrogens is 260 g/mol. The molecule has 0 saturated carbocycles. The smallest absolute Gasteiger partial charge is 0.317 e. The van der Waals surface area contributed by atoms with Crippen LogP contribution in [0.4, 0.5) is 4.79 Å². The van der Waals surface area contributed by atoms with E-state index in [2.05, 4.69) is 5.32 Å². The average Bonchev–Trinajstić information content (AvgIpc) is 2.35. The molecule has 1 aliphatic heterocycles. The van der Waals surface area contributed by atoms with Gasteiger partial charge in [0.15, 0.2) is 0 Å². The number of carbonyl (C=O) groups is 2. The first-order valence-corrected chi connectivity index (χ1v) is 7.28. The third kappa shape index (κ3) is 6.23. The summed E-state index contributed by atoms with van der Waals surface area (Å²) in [5.41, 5.74) is 0. The van der Waals surface area contributed by atoms with Crippen LogP contribution < -0.4 is 5.32 Å². The maximum Gasteiger partial charge on any atom is 0.317 e. The van der Waals surface area contributed by atoms with Crippen molar-refractivity contribution >= 4 is 12.0 Å². The van der Waals surface area contributed by atoms with Gasteiger partial charge in [0, 0.05) is 26.1 Å². The van der Waals surface area contributed by atoms with Gasteiger partial charge in [-0.05, 0) is 32.6 Å². The Morgan fingerprint density at radius 2 is 1.90 bits per heavy atom. The number of urea groups is 1. The molecule has 3 unspecified atom stereocenters. The number of carboxylic acid groups (broad SMARTS) is 1. The molecule has 2 N–H and O–H groups in total. The van der Waals surface area contributed by atoms with Crippen LogP contribution in [0.25, 0.3) is 0 Å². The zero-order valence-electron chi connectivity index (χ0n) is 12.6. The van der Waals surface area contributed by atoms with Gasteiger partial charge in [-0.3, -0.25) is 4.79 Å². The van der Waals surface area contributed by atoms with Gasteiger partial charge < -0.3 is 20.1 Å². The molecule has 20 heavy (non-hydrogen) atoms. The lowest BCUT2D eigenvalue weighted by Gasteiger charge is -2.35. The topological polar surface area (TPSA) is 78.9 Å². The lowest BCUT2D eigenvalue weighted by atomic mass is 10.0. The van der Waals surface area contributed by atoms with E-state index >= 15 is 0 Å². The van der Waals surface area contributed by atoms with Gasteiger partial charge in [-0.2, -0.15) is 0 Å². The van der Waals surface area contributed by atoms with E-state index in [0.717, 1.165) is 6.42 Å². The molecule has 1 rings (SSSR count). The molecule has 1 aliphatic rings. The van der Waals surface area contributed by atoms with Gasteiger partial charge in [0.1, 0.15) is 0 Å². The quantitative estimate of drug-likeness (QED) is 0.779. The Bertz CT molecular complexity index is 325. The van der Waals surface area contributed by atoms with Crippen LogP contribution in [0.5, 0.6) is 0 Å². The van der Waals surface area contributed by atoms with Crippen molar-refractivity contribution in [2.45, 2.75) is 52.2 Å². The number of hydrogen-bond donors (Lipinski definition) is 2. The molecular formula is C14H26N2O4. The Labute approximate surface area is 120 Å². The summed E-state index contributed by atoms with van der Waals surface area (Å²) in [4.78, 5) is 24.2. The third-order valence-electron chi connectivity index (χ3n) is 3.47. The van der Waals surface area contributed by atoms with Gasteiger partial charge in [-0.1, -0.05) is 6.92 Å². The van der Waals surface area contributed by atoms with E-state index in [-0.39, 0.29) is 24.7 Å². The maximum absolute atomic E-state index is 12.0. The predicted octanol–water partition coefficient (Wildman–Crippen LogP) is 1.70. The maximum atomic E-state index is 12.0. The number of carboxylic acids is 1. The van der Waals surface area contributed by atoms with Gasteiger partial charge in [-0.15, -0.1) is 0 Å². The molecule has 6 nitrogen and oxygen atoms in total. The highest BCUT2D eigenvalue weighted by Crippen LogP contribution is 2.11. The van der Waals surface area contributed by atoms with E-state index in [1.807, 2.05) is 20.8 Å². The number of ether oxygens (including phenoxy) is 1. The van der Waals surface area contributed by atoms with Crippen molar-refractivity contribution in [3.63, 3.8) is 0 Å². The normalized spacial score (nSPS) is 24.2. The predicted molar refractivity (Wildman–Crippen MR) is 75.6 cm³/mol. The van der Waals surface area contributed by atoms with E-state index in [4.69, 9.17) is 9.84 Å². The molecule has 116 valence electrons. The lowest BCUT2D eigenvalue weighted by molar-refractivity contribution is -0.137. The average molecular weight is 286 g/mol. The van der Waals surface area contributed by atoms with Crippen LogP contribution >= 0.6 is 0 Å². The second-order valence-corrected chi connectivity index (χ2v) is 5.72. The number of nitrogens with zero attached hydrogens (tertiary/aromatic N) is 1. The molecule has 1 fully saturated rings. The molecule has 0 aliphatic carbocycles. The van der Waals surface area contributed by atoms with E-state index in [1.165, 1.54) is 0 Å². The first-order chi connectivity index (χ1) is 9.38. The Balaban J connectivity index is 2.20. The highest BCUT2D eigenvalue weighted by atomic mass is 16.5. The Kier molecular flexibility index (Phi) is 6.78. The first kappa shape index (κ1) is 16.8. The summed E-state index contributed by atoms with van der Waals surface area (Å²) in [6.07, 6.45) is 1.77. The van der Waals surface area contributed by atoms with Crippen molar-refractivity contribution in [3.05, 3.63) is 0 Å². The second-order valence-electron chi connectivity index (χ2n) is 5.72. The molecule has 1 saturated heterocycles. The molecule has 0 spiro atoms. The number of amides is 2. The number of aliphatic carboxylic acids is 1. The number of nitrogens with one attached hydrogen (secondary N) is 1. The molecule has 1 heterocycles. The molecule has 0 bridgehead atoms. The summed E-state index contributed by atoms with van der Waals surface area (Å²) in [7, 11) is 0. The van der Waals surface area contributed by atoms with Crippen LogP contribution in [0.1, 0.15) is 40.0 Å². The molecule has 0 radical (unpaired) electrons. The number of morpholine rings is 1. The van der Waals surface area contributed by atoms with Crippen molar-refractivity contribution in [1.29, 1.82) is 0 Å². The molecule has 0 aromatic carbocycles. The molecule has 3 atom stereocenters. The lowest BCUT2D eigenvalue weighted by Crippen LogP contribution is -2.51. The first-order valence-electron chi connectivity index (χ1n) is 7.28. The number of hydrogen-bond acceptors (Lipinski definition) is 3. The Morgan fingerprint density at radius 3 is 2.45 bits per heavy atom. The number of rotatable bonds is 6. The second kappa shape index (κ2) is 8.09. The largest absolute Gasteiger partial charge is 0.481 e. The molecule has 2 amide bonds. The fraction of sp³-hybridized carbons (Fsp3) is 0.857. The minimum absolute atomic E-state index is 0.0579. The Hall–Kier alpha value is -1.30. The summed E-state index contributed by atoms with van der Waals surface area (Å²) in [6, 6.07) is -0.0579. The van der Waals surface area contributed by atoms with Gasteiger partial charge >= 0.3 is 12.0 Å². The Morgan fingerprint density at radius 1 is 1.30 bits per heavy atom. The monoisotopic (exact) mass is 286 g/mol. The van der Waals surface area contributed by atoms with E-state index in [1.54, 1.807) is 4.90 Å². The van der Waals surface area contributed by atoms with Crippen molar-refractivity contribution < 1.29 is 19.4 Å². The summed E-state index contributed by atoms with van der Waals surface area (Å²) in [5, 5.41) is 11.5. The SMILES string of the molecule is CC(CCNC(=O)N1CC(C)OC(C)C1)CCC(=O)O. The summed E-state index contributed by atoms with van der Waals surface area (Å²) < 4.78 is 5.59. The molecule has 6 heteroatoms. The van der Waals surface area contributed by atoms with E-state index in [0.29, 0.717) is 32.0 Å². The highest BCUT2D eigenvalue weighted by molar-refractivity contribution is 5.74. The van der Waals surface area contributed by atoms with Gasteiger partial charge in [0.25, 0.3) is 0 Å². The minimum atomic E-state index is -0.767. The van der Waals surface area contributed by atoms with Crippen LogP contribution in [-0.2, 0) is 9.53 Å². The van der Waals surface area contributed by atoms with Crippen LogP contribution in [0.15, 0.2) is 0 Å². The molecule has 0 aromatic rings. The van der Waals surface area contributed by atoms with Crippen LogP contribution in [0.2, 0.25) is 0 Å². The van der Waals surface area contributed by atoms with Gasteiger partial charge in [0.05, 0.1) is 12.2 Å². The zero-order chi connectivity index (χ0) is 15.1. The summed E-state index contributed by atoms with van der Waals surface area (Å²) >= 11 is 0. The van der Waals surface area contributed by atoms with Gasteiger partial charge in [0.2, 0.25) is 0 Å². The van der Waals surface area contributed by atoms with Crippen molar-refractivity contribution in [1.82, 2.24) is 10.2 Å². The summed E-state index contributed by atoms with van der Waals surface area (Å²) in [5.74, 6) is -0.467. The minimum Gasteiger partial charge on any atom is -0.481 e. The zero-order valence-corrected chi connectivity index (χ0v) is 12.6. The third-order valence-corrected chi connectivity index (χ3v) is 3.47. The van der Waals surface area contributed by atoms with Crippen LogP contribution in [0, 0.1) is 5.92 Å². The van der Waals surface area contributed by atoms with Crippen LogP contribution in [0.3, 0.4) is 0 Å². The summed E-state index contributed by atoms with van der Waals surface area (Å²) in [6.45, 7) is 7.75. The van der Waals surface area contributed by atoms with E-state index < -0.39 is 5.97 Å². The van der Waals surface area contributed by atoms with Gasteiger partial charge in [-0.25, -0.2) is 4.79 Å². The van der Waals surface area contributed by atoms with Crippen molar-refractivity contribution in [2.24, 2.45) is 5.92 Å².